The van der Waals surface area contributed by atoms with E-state index < -0.39 is 14.9 Å². The van der Waals surface area contributed by atoms with Gasteiger partial charge < -0.3 is 4.90 Å². The molecule has 0 N–H and O–H groups in total. The van der Waals surface area contributed by atoms with Crippen molar-refractivity contribution in [2.24, 2.45) is 5.41 Å². The minimum atomic E-state index is -3.44. The first-order chi connectivity index (χ1) is 15.7. The van der Waals surface area contributed by atoms with E-state index in [9.17, 15) is 23.3 Å². The van der Waals surface area contributed by atoms with Crippen LogP contribution < -0.4 is 0 Å². The van der Waals surface area contributed by atoms with Crippen molar-refractivity contribution < 1.29 is 18.1 Å². The van der Waals surface area contributed by atoms with Gasteiger partial charge in [-0.3, -0.25) is 14.9 Å². The Kier molecular flexibility index (Phi) is 6.69. The molecule has 0 bridgehead atoms. The summed E-state index contributed by atoms with van der Waals surface area (Å²) in [5.74, 6) is -0.0467. The van der Waals surface area contributed by atoms with Gasteiger partial charge in [-0.25, -0.2) is 8.42 Å². The van der Waals surface area contributed by atoms with Crippen molar-refractivity contribution in [3.63, 3.8) is 0 Å². The van der Waals surface area contributed by atoms with Crippen LogP contribution in [0.1, 0.15) is 38.2 Å². The van der Waals surface area contributed by atoms with Crippen molar-refractivity contribution in [2.45, 2.75) is 36.8 Å². The summed E-state index contributed by atoms with van der Waals surface area (Å²) >= 11 is 1.23. The summed E-state index contributed by atoms with van der Waals surface area (Å²) in [4.78, 5) is 25.7. The van der Waals surface area contributed by atoms with Gasteiger partial charge in [0.15, 0.2) is 0 Å². The predicted molar refractivity (Wildman–Crippen MR) is 127 cm³/mol. The number of benzene rings is 1. The fourth-order valence-corrected chi connectivity index (χ4v) is 7.29. The van der Waals surface area contributed by atoms with E-state index in [-0.39, 0.29) is 17.0 Å². The summed E-state index contributed by atoms with van der Waals surface area (Å²) in [5.41, 5.74) is 1.19. The number of hydrogen-bond acceptors (Lipinski definition) is 6. The van der Waals surface area contributed by atoms with Gasteiger partial charge in [0.1, 0.15) is 4.21 Å². The number of nitrogens with zero attached hydrogens (tertiary/aromatic N) is 3. The molecule has 2 aliphatic rings. The van der Waals surface area contributed by atoms with Gasteiger partial charge in [0, 0.05) is 43.9 Å². The van der Waals surface area contributed by atoms with Gasteiger partial charge in [-0.2, -0.15) is 4.31 Å². The molecule has 2 fully saturated rings. The molecule has 0 unspecified atom stereocenters. The lowest BCUT2D eigenvalue weighted by molar-refractivity contribution is -0.384. The van der Waals surface area contributed by atoms with Gasteiger partial charge in [0.2, 0.25) is 5.91 Å². The fourth-order valence-electron chi connectivity index (χ4n) is 4.70. The van der Waals surface area contributed by atoms with Crippen LogP contribution in [0.3, 0.4) is 0 Å². The Morgan fingerprint density at radius 1 is 1.18 bits per heavy atom. The van der Waals surface area contributed by atoms with E-state index in [1.54, 1.807) is 40.0 Å². The topological polar surface area (TPSA) is 101 Å². The quantitative estimate of drug-likeness (QED) is 0.345. The van der Waals surface area contributed by atoms with Gasteiger partial charge >= 0.3 is 0 Å². The molecule has 0 saturated carbocycles. The van der Waals surface area contributed by atoms with E-state index in [4.69, 9.17) is 0 Å². The third-order valence-corrected chi connectivity index (χ3v) is 9.95. The van der Waals surface area contributed by atoms with E-state index in [0.29, 0.717) is 47.9 Å². The largest absolute Gasteiger partial charge is 0.338 e. The van der Waals surface area contributed by atoms with E-state index in [1.165, 1.54) is 23.5 Å². The molecule has 3 heterocycles. The minimum absolute atomic E-state index is 0.00367. The van der Waals surface area contributed by atoms with E-state index in [2.05, 4.69) is 0 Å². The number of carbonyl (C=O) groups is 1. The normalized spacial score (nSPS) is 19.2. The molecule has 176 valence electrons. The summed E-state index contributed by atoms with van der Waals surface area (Å²) in [5, 5.41) is 12.8. The van der Waals surface area contributed by atoms with Crippen LogP contribution in [0.5, 0.6) is 0 Å². The first-order valence-electron chi connectivity index (χ1n) is 11.0. The van der Waals surface area contributed by atoms with Crippen molar-refractivity contribution in [1.29, 1.82) is 0 Å². The van der Waals surface area contributed by atoms with E-state index >= 15 is 0 Å². The highest BCUT2D eigenvalue weighted by Gasteiger charge is 2.44. The summed E-state index contributed by atoms with van der Waals surface area (Å²) in [6, 6.07) is 9.66. The van der Waals surface area contributed by atoms with Gasteiger partial charge in [-0.1, -0.05) is 25.1 Å². The number of thiophene rings is 1. The molecular weight excluding hydrogens is 462 g/mol. The van der Waals surface area contributed by atoms with Crippen LogP contribution in [0.25, 0.3) is 6.08 Å². The Balaban J connectivity index is 1.42. The highest BCUT2D eigenvalue weighted by atomic mass is 32.2. The van der Waals surface area contributed by atoms with Crippen LogP contribution in [-0.2, 0) is 14.8 Å². The zero-order chi connectivity index (χ0) is 23.6. The average molecular weight is 490 g/mol. The number of amides is 1. The van der Waals surface area contributed by atoms with Gasteiger partial charge in [-0.05, 0) is 54.2 Å². The highest BCUT2D eigenvalue weighted by Crippen LogP contribution is 2.42. The van der Waals surface area contributed by atoms with Crippen molar-refractivity contribution in [1.82, 2.24) is 9.21 Å². The number of sulfonamides is 1. The summed E-state index contributed by atoms with van der Waals surface area (Å²) in [6.45, 7) is 4.09. The maximum atomic E-state index is 13.2. The SMILES string of the molecule is CCC(=Cc1cccc([N+](=O)[O-])c1)C(=O)N1CCC2(CCN(S(=O)(=O)c3cccs3)CC2)C1. The van der Waals surface area contributed by atoms with Crippen LogP contribution in [-0.4, -0.2) is 54.6 Å². The molecule has 0 radical (unpaired) electrons. The van der Waals surface area contributed by atoms with Gasteiger partial charge in [0.05, 0.1) is 4.92 Å². The Bertz CT molecular complexity index is 1170. The molecule has 0 aliphatic carbocycles. The van der Waals surface area contributed by atoms with Crippen LogP contribution in [0.15, 0.2) is 51.6 Å². The van der Waals surface area contributed by atoms with Crippen LogP contribution >= 0.6 is 11.3 Å². The summed E-state index contributed by atoms with van der Waals surface area (Å²) in [6.07, 6.45) is 4.59. The molecule has 10 heteroatoms. The molecule has 8 nitrogen and oxygen atoms in total. The fraction of sp³-hybridized carbons (Fsp3) is 0.435. The molecule has 2 aliphatic heterocycles. The lowest BCUT2D eigenvalue weighted by Gasteiger charge is -2.38. The van der Waals surface area contributed by atoms with Crippen LogP contribution in [0.2, 0.25) is 0 Å². The predicted octanol–water partition coefficient (Wildman–Crippen LogP) is 4.15. The zero-order valence-corrected chi connectivity index (χ0v) is 20.1. The number of nitro groups is 1. The van der Waals surface area contributed by atoms with E-state index in [1.807, 2.05) is 11.8 Å². The Morgan fingerprint density at radius 2 is 1.91 bits per heavy atom. The molecule has 4 rings (SSSR count). The third-order valence-electron chi connectivity index (χ3n) is 6.68. The van der Waals surface area contributed by atoms with Crippen molar-refractivity contribution in [2.75, 3.05) is 26.2 Å². The molecular formula is C23H27N3O5S2. The molecule has 2 saturated heterocycles. The van der Waals surface area contributed by atoms with Crippen molar-refractivity contribution >= 4 is 39.0 Å². The highest BCUT2D eigenvalue weighted by molar-refractivity contribution is 7.91. The molecule has 33 heavy (non-hydrogen) atoms. The lowest BCUT2D eigenvalue weighted by Crippen LogP contribution is -2.44. The molecule has 2 aromatic rings. The number of carbonyl (C=O) groups excluding carboxylic acids is 1. The number of non-ortho nitro benzene ring substituents is 1. The number of likely N-dealkylation sites (tertiary alicyclic amines) is 1. The average Bonchev–Trinajstić information content (AvgIpc) is 3.49. The molecule has 0 atom stereocenters. The van der Waals surface area contributed by atoms with Crippen LogP contribution in [0.4, 0.5) is 5.69 Å². The Hall–Kier alpha value is -2.56. The standard InChI is InChI=1S/C23H27N3O5S2/c1-2-19(15-18-5-3-6-20(16-18)26(28)29)22(27)24-11-8-23(17-24)9-12-25(13-10-23)33(30,31)21-7-4-14-32-21/h3-7,14-16H,2,8-13,17H2,1H3. The second kappa shape index (κ2) is 9.36. The molecule has 1 aromatic carbocycles. The summed E-state index contributed by atoms with van der Waals surface area (Å²) < 4.78 is 27.6. The zero-order valence-electron chi connectivity index (χ0n) is 18.5. The minimum Gasteiger partial charge on any atom is -0.338 e. The third kappa shape index (κ3) is 4.87. The monoisotopic (exact) mass is 489 g/mol. The maximum absolute atomic E-state index is 13.2. The summed E-state index contributed by atoms with van der Waals surface area (Å²) in [7, 11) is -3.44. The Labute approximate surface area is 197 Å². The number of piperidine rings is 1. The molecule has 1 amide bonds. The van der Waals surface area contributed by atoms with Crippen LogP contribution in [0, 0.1) is 15.5 Å². The van der Waals surface area contributed by atoms with Gasteiger partial charge in [0.25, 0.3) is 15.7 Å². The smallest absolute Gasteiger partial charge is 0.270 e. The number of nitro benzene ring substituents is 1. The van der Waals surface area contributed by atoms with E-state index in [0.717, 1.165) is 19.3 Å². The van der Waals surface area contributed by atoms with Crippen molar-refractivity contribution in [3.05, 3.63) is 63.0 Å². The second-order valence-electron chi connectivity index (χ2n) is 8.69. The molecule has 1 aromatic heterocycles. The first kappa shape index (κ1) is 23.6. The Morgan fingerprint density at radius 3 is 2.55 bits per heavy atom. The molecule has 1 spiro atoms. The van der Waals surface area contributed by atoms with Gasteiger partial charge in [-0.15, -0.1) is 11.3 Å². The van der Waals surface area contributed by atoms with Crippen molar-refractivity contribution in [3.8, 4) is 0 Å². The second-order valence-corrected chi connectivity index (χ2v) is 11.8. The number of hydrogen-bond donors (Lipinski definition) is 0. The lowest BCUT2D eigenvalue weighted by atomic mass is 9.78. The maximum Gasteiger partial charge on any atom is 0.270 e. The number of rotatable bonds is 6. The first-order valence-corrected chi connectivity index (χ1v) is 13.3.